The summed E-state index contributed by atoms with van der Waals surface area (Å²) in [5.41, 5.74) is 0.955. The van der Waals surface area contributed by atoms with Crippen molar-refractivity contribution in [1.29, 1.82) is 0 Å². The van der Waals surface area contributed by atoms with Gasteiger partial charge in [0.15, 0.2) is 16.4 Å². The van der Waals surface area contributed by atoms with E-state index in [0.717, 1.165) is 0 Å². The molecular formula is C18H25NO6S. The summed E-state index contributed by atoms with van der Waals surface area (Å²) in [6, 6.07) is 5.75. The van der Waals surface area contributed by atoms with Gasteiger partial charge in [0.25, 0.3) is 5.91 Å². The average molecular weight is 383 g/mol. The Hall–Kier alpha value is -1.93. The molecule has 1 amide bonds. The molecule has 1 aromatic carbocycles. The van der Waals surface area contributed by atoms with Gasteiger partial charge < -0.3 is 14.7 Å². The highest BCUT2D eigenvalue weighted by molar-refractivity contribution is 7.91. The molecule has 0 spiro atoms. The van der Waals surface area contributed by atoms with Crippen LogP contribution in [0.3, 0.4) is 0 Å². The quantitative estimate of drug-likeness (QED) is 0.709. The zero-order valence-corrected chi connectivity index (χ0v) is 15.9. The lowest BCUT2D eigenvalue weighted by Crippen LogP contribution is -2.48. The molecular weight excluding hydrogens is 358 g/mol. The van der Waals surface area contributed by atoms with Crippen LogP contribution in [0.4, 0.5) is 0 Å². The lowest BCUT2D eigenvalue weighted by atomic mass is 10.1. The predicted octanol–water partition coefficient (Wildman–Crippen LogP) is 1.15. The monoisotopic (exact) mass is 383 g/mol. The molecule has 0 radical (unpaired) electrons. The van der Waals surface area contributed by atoms with Crippen LogP contribution in [0.15, 0.2) is 24.3 Å². The maximum absolute atomic E-state index is 12.6. The van der Waals surface area contributed by atoms with Crippen molar-refractivity contribution in [1.82, 2.24) is 4.90 Å². The number of carbonyl (C=O) groups excluding carboxylic acids is 2. The summed E-state index contributed by atoms with van der Waals surface area (Å²) < 4.78 is 28.6. The number of hydrogen-bond acceptors (Lipinski definition) is 6. The summed E-state index contributed by atoms with van der Waals surface area (Å²) in [7, 11) is -3.12. The molecule has 1 fully saturated rings. The van der Waals surface area contributed by atoms with Gasteiger partial charge >= 0.3 is 5.97 Å². The molecule has 1 aliphatic heterocycles. The fourth-order valence-corrected chi connectivity index (χ4v) is 4.74. The molecule has 0 aromatic heterocycles. The van der Waals surface area contributed by atoms with E-state index in [2.05, 4.69) is 0 Å². The van der Waals surface area contributed by atoms with E-state index in [1.807, 2.05) is 13.8 Å². The Balaban J connectivity index is 2.01. The minimum atomic E-state index is -3.12. The number of hydrogen-bond donors (Lipinski definition) is 1. The van der Waals surface area contributed by atoms with Gasteiger partial charge in [-0.1, -0.05) is 19.1 Å². The van der Waals surface area contributed by atoms with Gasteiger partial charge in [-0.25, -0.2) is 13.2 Å². The van der Waals surface area contributed by atoms with Crippen molar-refractivity contribution >= 4 is 21.7 Å². The number of rotatable bonds is 7. The SMILES string of the molecule is CC[C@@H](C)N(C(=O)COC(=O)c1ccc(CO)cc1)[C@H]1CCS(=O)(=O)C1. The van der Waals surface area contributed by atoms with E-state index < -0.39 is 22.4 Å². The molecule has 0 unspecified atom stereocenters. The number of amides is 1. The smallest absolute Gasteiger partial charge is 0.338 e. The van der Waals surface area contributed by atoms with Gasteiger partial charge in [-0.2, -0.15) is 0 Å². The molecule has 0 saturated carbocycles. The lowest BCUT2D eigenvalue weighted by molar-refractivity contribution is -0.138. The van der Waals surface area contributed by atoms with Crippen LogP contribution in [0.5, 0.6) is 0 Å². The molecule has 1 aliphatic rings. The maximum Gasteiger partial charge on any atom is 0.338 e. The average Bonchev–Trinajstić information content (AvgIpc) is 2.99. The van der Waals surface area contributed by atoms with Crippen LogP contribution in [0, 0.1) is 0 Å². The van der Waals surface area contributed by atoms with Crippen LogP contribution in [0.1, 0.15) is 42.6 Å². The van der Waals surface area contributed by atoms with Crippen molar-refractivity contribution in [2.75, 3.05) is 18.1 Å². The van der Waals surface area contributed by atoms with Gasteiger partial charge in [0.2, 0.25) is 0 Å². The fraction of sp³-hybridized carbons (Fsp3) is 0.556. The summed E-state index contributed by atoms with van der Waals surface area (Å²) in [6.45, 7) is 3.23. The third kappa shape index (κ3) is 5.04. The summed E-state index contributed by atoms with van der Waals surface area (Å²) >= 11 is 0. The molecule has 0 aliphatic carbocycles. The van der Waals surface area contributed by atoms with Crippen molar-refractivity contribution in [2.24, 2.45) is 0 Å². The number of esters is 1. The van der Waals surface area contributed by atoms with Crippen molar-refractivity contribution in [3.63, 3.8) is 0 Å². The Kier molecular flexibility index (Phi) is 6.77. The standard InChI is InChI=1S/C18H25NO6S/c1-3-13(2)19(16-8-9-26(23,24)12-16)17(21)11-25-18(22)15-6-4-14(10-20)5-7-15/h4-7,13,16,20H,3,8-12H2,1-2H3/t13-,16+/m1/s1. The highest BCUT2D eigenvalue weighted by Crippen LogP contribution is 2.21. The zero-order valence-electron chi connectivity index (χ0n) is 15.1. The second-order valence-corrected chi connectivity index (χ2v) is 8.78. The van der Waals surface area contributed by atoms with Crippen LogP contribution < -0.4 is 0 Å². The van der Waals surface area contributed by atoms with Gasteiger partial charge in [0.05, 0.1) is 23.7 Å². The van der Waals surface area contributed by atoms with Gasteiger partial charge in [-0.15, -0.1) is 0 Å². The van der Waals surface area contributed by atoms with Crippen LogP contribution in [0.25, 0.3) is 0 Å². The fourth-order valence-electron chi connectivity index (χ4n) is 3.03. The van der Waals surface area contributed by atoms with Crippen molar-refractivity contribution in [3.05, 3.63) is 35.4 Å². The second-order valence-electron chi connectivity index (χ2n) is 6.55. The minimum Gasteiger partial charge on any atom is -0.452 e. The topological polar surface area (TPSA) is 101 Å². The normalized spacial score (nSPS) is 19.7. The Labute approximate surface area is 153 Å². The number of carbonyl (C=O) groups is 2. The Bertz CT molecular complexity index is 743. The third-order valence-electron chi connectivity index (χ3n) is 4.65. The first kappa shape index (κ1) is 20.4. The van der Waals surface area contributed by atoms with Gasteiger partial charge in [0, 0.05) is 12.1 Å². The second kappa shape index (κ2) is 8.64. The van der Waals surface area contributed by atoms with E-state index in [1.54, 1.807) is 17.0 Å². The Morgan fingerprint density at radius 2 is 1.96 bits per heavy atom. The molecule has 26 heavy (non-hydrogen) atoms. The third-order valence-corrected chi connectivity index (χ3v) is 6.40. The molecule has 7 nitrogen and oxygen atoms in total. The first-order valence-electron chi connectivity index (χ1n) is 8.66. The number of aliphatic hydroxyl groups is 1. The van der Waals surface area contributed by atoms with E-state index in [9.17, 15) is 18.0 Å². The molecule has 2 rings (SSSR count). The zero-order chi connectivity index (χ0) is 19.3. The van der Waals surface area contributed by atoms with Crippen molar-refractivity contribution in [2.45, 2.75) is 45.4 Å². The minimum absolute atomic E-state index is 0.0420. The molecule has 1 aromatic rings. The Morgan fingerprint density at radius 1 is 1.31 bits per heavy atom. The van der Waals surface area contributed by atoms with E-state index in [0.29, 0.717) is 18.4 Å². The van der Waals surface area contributed by atoms with E-state index in [1.165, 1.54) is 12.1 Å². The van der Waals surface area contributed by atoms with Crippen molar-refractivity contribution in [3.8, 4) is 0 Å². The van der Waals surface area contributed by atoms with Crippen LogP contribution >= 0.6 is 0 Å². The number of ether oxygens (including phenoxy) is 1. The number of benzene rings is 1. The molecule has 1 N–H and O–H groups in total. The van der Waals surface area contributed by atoms with Gasteiger partial charge in [-0.05, 0) is 37.5 Å². The van der Waals surface area contributed by atoms with Crippen LogP contribution in [-0.4, -0.2) is 60.5 Å². The molecule has 1 heterocycles. The molecule has 144 valence electrons. The molecule has 1 saturated heterocycles. The number of nitrogens with zero attached hydrogens (tertiary/aromatic N) is 1. The molecule has 2 atom stereocenters. The Morgan fingerprint density at radius 3 is 2.46 bits per heavy atom. The highest BCUT2D eigenvalue weighted by atomic mass is 32.2. The van der Waals surface area contributed by atoms with Gasteiger partial charge in [-0.3, -0.25) is 4.79 Å². The van der Waals surface area contributed by atoms with E-state index >= 15 is 0 Å². The lowest BCUT2D eigenvalue weighted by Gasteiger charge is -2.33. The first-order valence-corrected chi connectivity index (χ1v) is 10.5. The van der Waals surface area contributed by atoms with Crippen LogP contribution in [-0.2, 0) is 26.0 Å². The predicted molar refractivity (Wildman–Crippen MR) is 96.3 cm³/mol. The van der Waals surface area contributed by atoms with Crippen molar-refractivity contribution < 1.29 is 27.9 Å². The summed E-state index contributed by atoms with van der Waals surface area (Å²) in [6.07, 6.45) is 1.09. The number of sulfone groups is 1. The number of aliphatic hydroxyl groups excluding tert-OH is 1. The van der Waals surface area contributed by atoms with Gasteiger partial charge in [0.1, 0.15) is 0 Å². The summed E-state index contributed by atoms with van der Waals surface area (Å²) in [5.74, 6) is -0.984. The van der Waals surface area contributed by atoms with E-state index in [4.69, 9.17) is 9.84 Å². The maximum atomic E-state index is 12.6. The largest absolute Gasteiger partial charge is 0.452 e. The van der Waals surface area contributed by atoms with E-state index in [-0.39, 0.29) is 41.7 Å². The summed E-state index contributed by atoms with van der Waals surface area (Å²) in [5, 5.41) is 9.01. The van der Waals surface area contributed by atoms with Crippen LogP contribution in [0.2, 0.25) is 0 Å². The molecule has 0 bridgehead atoms. The first-order chi connectivity index (χ1) is 12.3. The molecule has 8 heteroatoms. The highest BCUT2D eigenvalue weighted by Gasteiger charge is 2.36. The summed E-state index contributed by atoms with van der Waals surface area (Å²) in [4.78, 5) is 26.2.